The Hall–Kier alpha value is -2.42. The summed E-state index contributed by atoms with van der Waals surface area (Å²) in [5.41, 5.74) is 0.959. The second-order valence-corrected chi connectivity index (χ2v) is 7.13. The van der Waals surface area contributed by atoms with Gasteiger partial charge in [-0.3, -0.25) is 0 Å². The van der Waals surface area contributed by atoms with Crippen LogP contribution in [0.25, 0.3) is 11.4 Å². The molecule has 4 heterocycles. The van der Waals surface area contributed by atoms with Crippen LogP contribution in [0.4, 0.5) is 9.59 Å². The molecule has 4 amide bonds. The molecule has 2 fully saturated rings. The van der Waals surface area contributed by atoms with Crippen molar-refractivity contribution in [3.63, 3.8) is 0 Å². The number of imide groups is 1. The fourth-order valence-corrected chi connectivity index (χ4v) is 3.96. The van der Waals surface area contributed by atoms with Gasteiger partial charge in [0.15, 0.2) is 0 Å². The molecule has 1 unspecified atom stereocenters. The summed E-state index contributed by atoms with van der Waals surface area (Å²) in [7, 11) is 0. The summed E-state index contributed by atoms with van der Waals surface area (Å²) in [6, 6.07) is 1.45. The summed E-state index contributed by atoms with van der Waals surface area (Å²) >= 11 is 1.59. The molecular formula is C16H19N5O3S. The van der Waals surface area contributed by atoms with Crippen LogP contribution in [-0.2, 0) is 6.42 Å². The van der Waals surface area contributed by atoms with E-state index in [0.29, 0.717) is 44.3 Å². The molecule has 25 heavy (non-hydrogen) atoms. The predicted octanol–water partition coefficient (Wildman–Crippen LogP) is 2.20. The number of carbonyl (C=O) groups excluding carboxylic acids is 2. The molecule has 0 bridgehead atoms. The van der Waals surface area contributed by atoms with E-state index in [9.17, 15) is 9.59 Å². The second kappa shape index (κ2) is 6.83. The van der Waals surface area contributed by atoms with Crippen LogP contribution in [0.5, 0.6) is 0 Å². The van der Waals surface area contributed by atoms with Gasteiger partial charge >= 0.3 is 12.1 Å². The van der Waals surface area contributed by atoms with Crippen LogP contribution in [-0.4, -0.2) is 58.2 Å². The van der Waals surface area contributed by atoms with Crippen molar-refractivity contribution in [3.8, 4) is 11.4 Å². The largest absolute Gasteiger partial charge is 0.339 e. The summed E-state index contributed by atoms with van der Waals surface area (Å²) in [5.74, 6) is 1.47. The van der Waals surface area contributed by atoms with E-state index in [0.717, 1.165) is 18.4 Å². The van der Waals surface area contributed by atoms with Crippen LogP contribution < -0.4 is 5.32 Å². The van der Waals surface area contributed by atoms with Crippen LogP contribution in [0.15, 0.2) is 21.3 Å². The van der Waals surface area contributed by atoms with E-state index >= 15 is 0 Å². The number of likely N-dealkylation sites (tertiary alicyclic amines) is 1. The number of rotatable bonds is 3. The number of nitrogens with zero attached hydrogens (tertiary/aromatic N) is 4. The van der Waals surface area contributed by atoms with Crippen LogP contribution in [0, 0.1) is 5.92 Å². The SMILES string of the molecule is O=C1NCCN1C(=O)N1CCCC(Cc2nc(-c3ccsc3)no2)C1. The van der Waals surface area contributed by atoms with E-state index in [4.69, 9.17) is 4.52 Å². The first kappa shape index (κ1) is 16.1. The maximum Gasteiger partial charge on any atom is 0.328 e. The third-order valence-corrected chi connectivity index (χ3v) is 5.27. The lowest BCUT2D eigenvalue weighted by Crippen LogP contribution is -2.48. The molecule has 2 aliphatic rings. The first-order valence-electron chi connectivity index (χ1n) is 8.40. The molecule has 0 saturated carbocycles. The Balaban J connectivity index is 1.38. The summed E-state index contributed by atoms with van der Waals surface area (Å²) in [4.78, 5) is 31.7. The molecule has 1 N–H and O–H groups in total. The average molecular weight is 361 g/mol. The molecule has 0 aliphatic carbocycles. The summed E-state index contributed by atoms with van der Waals surface area (Å²) in [6.45, 7) is 2.25. The average Bonchev–Trinajstić information content (AvgIpc) is 3.35. The smallest absolute Gasteiger partial charge is 0.328 e. The molecule has 2 aromatic heterocycles. The minimum absolute atomic E-state index is 0.204. The zero-order valence-electron chi connectivity index (χ0n) is 13.7. The summed E-state index contributed by atoms with van der Waals surface area (Å²) in [5, 5.41) is 10.7. The van der Waals surface area contributed by atoms with Crippen molar-refractivity contribution in [3.05, 3.63) is 22.7 Å². The highest BCUT2D eigenvalue weighted by Gasteiger charge is 2.33. The minimum atomic E-state index is -0.301. The third kappa shape index (κ3) is 3.37. The molecule has 2 saturated heterocycles. The fourth-order valence-electron chi connectivity index (χ4n) is 3.32. The molecule has 8 nitrogen and oxygen atoms in total. The molecule has 0 radical (unpaired) electrons. The van der Waals surface area contributed by atoms with Gasteiger partial charge in [0, 0.05) is 43.5 Å². The highest BCUT2D eigenvalue weighted by Crippen LogP contribution is 2.24. The highest BCUT2D eigenvalue weighted by molar-refractivity contribution is 7.08. The van der Waals surface area contributed by atoms with Gasteiger partial charge in [-0.1, -0.05) is 5.16 Å². The number of carbonyl (C=O) groups is 2. The number of thiophene rings is 1. The zero-order valence-corrected chi connectivity index (χ0v) is 14.5. The molecule has 2 aliphatic heterocycles. The molecule has 0 spiro atoms. The van der Waals surface area contributed by atoms with Gasteiger partial charge in [-0.15, -0.1) is 0 Å². The van der Waals surface area contributed by atoms with Gasteiger partial charge in [-0.25, -0.2) is 14.5 Å². The van der Waals surface area contributed by atoms with Gasteiger partial charge in [-0.2, -0.15) is 16.3 Å². The summed E-state index contributed by atoms with van der Waals surface area (Å²) in [6.07, 6.45) is 2.57. The first-order chi connectivity index (χ1) is 12.2. The molecule has 9 heteroatoms. The maximum atomic E-state index is 12.5. The zero-order chi connectivity index (χ0) is 17.2. The number of nitrogens with one attached hydrogen (secondary N) is 1. The normalized spacial score (nSPS) is 20.8. The topological polar surface area (TPSA) is 91.6 Å². The van der Waals surface area contributed by atoms with Crippen LogP contribution in [0.2, 0.25) is 0 Å². The van der Waals surface area contributed by atoms with Crippen molar-refractivity contribution < 1.29 is 14.1 Å². The second-order valence-electron chi connectivity index (χ2n) is 6.35. The van der Waals surface area contributed by atoms with Gasteiger partial charge in [-0.05, 0) is 30.2 Å². The predicted molar refractivity (Wildman–Crippen MR) is 91.1 cm³/mol. The molecular weight excluding hydrogens is 342 g/mol. The van der Waals surface area contributed by atoms with E-state index in [2.05, 4.69) is 15.5 Å². The Labute approximate surface area is 148 Å². The summed E-state index contributed by atoms with van der Waals surface area (Å²) < 4.78 is 5.37. The van der Waals surface area contributed by atoms with Crippen molar-refractivity contribution in [2.24, 2.45) is 5.92 Å². The molecule has 4 rings (SSSR count). The Morgan fingerprint density at radius 2 is 2.36 bits per heavy atom. The van der Waals surface area contributed by atoms with E-state index in [1.807, 2.05) is 16.8 Å². The Morgan fingerprint density at radius 1 is 1.44 bits per heavy atom. The Morgan fingerprint density at radius 3 is 3.12 bits per heavy atom. The minimum Gasteiger partial charge on any atom is -0.339 e. The number of hydrogen-bond donors (Lipinski definition) is 1. The number of urea groups is 2. The van der Waals surface area contributed by atoms with Crippen LogP contribution in [0.3, 0.4) is 0 Å². The van der Waals surface area contributed by atoms with Gasteiger partial charge in [0.1, 0.15) is 0 Å². The van der Waals surface area contributed by atoms with Crippen molar-refractivity contribution in [2.75, 3.05) is 26.2 Å². The molecule has 132 valence electrons. The Bertz CT molecular complexity index is 760. The molecule has 2 aromatic rings. The van der Waals surface area contributed by atoms with Gasteiger partial charge < -0.3 is 14.7 Å². The van der Waals surface area contributed by atoms with Crippen molar-refractivity contribution in [1.29, 1.82) is 0 Å². The van der Waals surface area contributed by atoms with Gasteiger partial charge in [0.05, 0.1) is 0 Å². The Kier molecular flexibility index (Phi) is 4.39. The number of amides is 4. The van der Waals surface area contributed by atoms with E-state index in [-0.39, 0.29) is 18.0 Å². The van der Waals surface area contributed by atoms with Gasteiger partial charge in [0.2, 0.25) is 11.7 Å². The maximum absolute atomic E-state index is 12.5. The monoisotopic (exact) mass is 361 g/mol. The lowest BCUT2D eigenvalue weighted by atomic mass is 9.95. The quantitative estimate of drug-likeness (QED) is 0.905. The van der Waals surface area contributed by atoms with Crippen LogP contribution >= 0.6 is 11.3 Å². The standard InChI is InChI=1S/C16H19N5O3S/c22-15-17-4-6-21(15)16(23)20-5-1-2-11(9-20)8-13-18-14(19-24-13)12-3-7-25-10-12/h3,7,10-11H,1-2,4-6,8-9H2,(H,17,22). The third-order valence-electron chi connectivity index (χ3n) is 4.59. The lowest BCUT2D eigenvalue weighted by Gasteiger charge is -2.33. The number of hydrogen-bond acceptors (Lipinski definition) is 6. The van der Waals surface area contributed by atoms with Gasteiger partial charge in [0.25, 0.3) is 0 Å². The molecule has 1 atom stereocenters. The number of aromatic nitrogens is 2. The lowest BCUT2D eigenvalue weighted by molar-refractivity contribution is 0.137. The van der Waals surface area contributed by atoms with Crippen molar-refractivity contribution in [2.45, 2.75) is 19.3 Å². The van der Waals surface area contributed by atoms with Crippen LogP contribution in [0.1, 0.15) is 18.7 Å². The van der Waals surface area contributed by atoms with E-state index in [1.165, 1.54) is 4.90 Å². The highest BCUT2D eigenvalue weighted by atomic mass is 32.1. The number of piperidine rings is 1. The van der Waals surface area contributed by atoms with E-state index < -0.39 is 0 Å². The molecule has 0 aromatic carbocycles. The van der Waals surface area contributed by atoms with Crippen molar-refractivity contribution >= 4 is 23.4 Å². The van der Waals surface area contributed by atoms with E-state index in [1.54, 1.807) is 16.2 Å². The fraction of sp³-hybridized carbons (Fsp3) is 0.500. The van der Waals surface area contributed by atoms with Crippen molar-refractivity contribution in [1.82, 2.24) is 25.3 Å². The first-order valence-corrected chi connectivity index (χ1v) is 9.34.